The van der Waals surface area contributed by atoms with Gasteiger partial charge in [-0.3, -0.25) is 9.36 Å². The van der Waals surface area contributed by atoms with Crippen LogP contribution in [0.2, 0.25) is 0 Å². The van der Waals surface area contributed by atoms with Gasteiger partial charge in [0.2, 0.25) is 0 Å². The van der Waals surface area contributed by atoms with Crippen molar-refractivity contribution >= 4 is 28.3 Å². The minimum absolute atomic E-state index is 0.0142. The van der Waals surface area contributed by atoms with Gasteiger partial charge in [-0.05, 0) is 38.3 Å². The van der Waals surface area contributed by atoms with Crippen LogP contribution in [0.15, 0.2) is 29.3 Å². The summed E-state index contributed by atoms with van der Waals surface area (Å²) in [4.78, 5) is 26.0. The number of benzene rings is 1. The van der Waals surface area contributed by atoms with Gasteiger partial charge in [0.05, 0.1) is 17.1 Å². The zero-order chi connectivity index (χ0) is 20.7. The number of halogens is 1. The Labute approximate surface area is 166 Å². The minimum Gasteiger partial charge on any atom is -0.383 e. The van der Waals surface area contributed by atoms with E-state index < -0.39 is 5.82 Å². The molecule has 4 N–H and O–H groups in total. The highest BCUT2D eigenvalue weighted by molar-refractivity contribution is 6.04. The summed E-state index contributed by atoms with van der Waals surface area (Å²) in [7, 11) is 0. The van der Waals surface area contributed by atoms with Crippen LogP contribution in [0.25, 0.3) is 10.9 Å². The maximum absolute atomic E-state index is 14.3. The summed E-state index contributed by atoms with van der Waals surface area (Å²) in [6.07, 6.45) is 3.64. The second kappa shape index (κ2) is 7.23. The normalized spacial score (nSPS) is 14.7. The molecule has 1 aromatic carbocycles. The van der Waals surface area contributed by atoms with E-state index in [0.29, 0.717) is 29.1 Å². The zero-order valence-electron chi connectivity index (χ0n) is 16.2. The fourth-order valence-corrected chi connectivity index (χ4v) is 3.54. The molecule has 8 nitrogen and oxygen atoms in total. The van der Waals surface area contributed by atoms with Gasteiger partial charge in [-0.2, -0.15) is 0 Å². The summed E-state index contributed by atoms with van der Waals surface area (Å²) in [6, 6.07) is 4.11. The van der Waals surface area contributed by atoms with E-state index in [0.717, 1.165) is 12.8 Å². The van der Waals surface area contributed by atoms with Crippen LogP contribution in [0.4, 0.5) is 16.0 Å². The fraction of sp³-hybridized carbons (Fsp3) is 0.350. The second-order valence-electron chi connectivity index (χ2n) is 7.22. The smallest absolute Gasteiger partial charge is 0.264 e. The summed E-state index contributed by atoms with van der Waals surface area (Å²) >= 11 is 0. The molecule has 0 amide bonds. The zero-order valence-corrected chi connectivity index (χ0v) is 16.2. The monoisotopic (exact) mass is 395 g/mol. The van der Waals surface area contributed by atoms with Crippen molar-refractivity contribution in [1.82, 2.24) is 19.5 Å². The molecule has 0 radical (unpaired) electrons. The quantitative estimate of drug-likeness (QED) is 0.551. The lowest BCUT2D eigenvalue weighted by molar-refractivity contribution is 0.573. The number of nitrogens with two attached hydrogens (primary N) is 1. The topological polar surface area (TPSA) is 123 Å². The molecule has 2 heterocycles. The Balaban J connectivity index is 1.87. The minimum atomic E-state index is -0.563. The number of hydrogen-bond acceptors (Lipinski definition) is 7. The van der Waals surface area contributed by atoms with Crippen LogP contribution in [0.1, 0.15) is 56.6 Å². The average molecular weight is 395 g/mol. The molecule has 1 saturated carbocycles. The SMILES string of the molecule is CCC(Nc1ncnc(N)c1C(C)=N)c1nc2cccc(F)c2c(=O)n1C1CC1. The molecule has 0 bridgehead atoms. The summed E-state index contributed by atoms with van der Waals surface area (Å²) < 4.78 is 15.9. The second-order valence-corrected chi connectivity index (χ2v) is 7.22. The van der Waals surface area contributed by atoms with Crippen molar-refractivity contribution in [2.75, 3.05) is 11.1 Å². The molecule has 1 aliphatic rings. The number of anilines is 2. The van der Waals surface area contributed by atoms with Gasteiger partial charge in [0.25, 0.3) is 5.56 Å². The Morgan fingerprint density at radius 2 is 2.17 bits per heavy atom. The van der Waals surface area contributed by atoms with Crippen molar-refractivity contribution in [3.05, 3.63) is 52.1 Å². The molecule has 29 heavy (non-hydrogen) atoms. The maximum atomic E-state index is 14.3. The standard InChI is InChI=1S/C20H22FN7O/c1-3-13(26-18-15(10(2)22)17(23)24-9-25-18)19-27-14-6-4-5-12(21)16(14)20(29)28(19)11-7-8-11/h4-6,9,11,13,22H,3,7-8H2,1-2H3,(H3,23,24,25,26). The molecule has 150 valence electrons. The molecule has 1 atom stereocenters. The molecular weight excluding hydrogens is 373 g/mol. The molecule has 3 aromatic rings. The molecule has 2 aromatic heterocycles. The van der Waals surface area contributed by atoms with E-state index in [4.69, 9.17) is 11.1 Å². The van der Waals surface area contributed by atoms with E-state index in [1.165, 1.54) is 12.4 Å². The van der Waals surface area contributed by atoms with Crippen LogP contribution < -0.4 is 16.6 Å². The number of hydrogen-bond donors (Lipinski definition) is 3. The van der Waals surface area contributed by atoms with E-state index in [1.54, 1.807) is 23.6 Å². The van der Waals surface area contributed by atoms with Gasteiger partial charge in [0, 0.05) is 11.8 Å². The van der Waals surface area contributed by atoms with Crippen LogP contribution in [0.3, 0.4) is 0 Å². The van der Waals surface area contributed by atoms with Crippen molar-refractivity contribution < 1.29 is 4.39 Å². The van der Waals surface area contributed by atoms with E-state index in [1.807, 2.05) is 6.92 Å². The first-order chi connectivity index (χ1) is 13.9. The van der Waals surface area contributed by atoms with Crippen LogP contribution in [0, 0.1) is 11.2 Å². The number of aromatic nitrogens is 4. The van der Waals surface area contributed by atoms with E-state index in [9.17, 15) is 9.18 Å². The third kappa shape index (κ3) is 3.32. The van der Waals surface area contributed by atoms with Gasteiger partial charge in [0.15, 0.2) is 0 Å². The Hall–Kier alpha value is -3.36. The number of fused-ring (bicyclic) bond motifs is 1. The number of nitrogens with one attached hydrogen (secondary N) is 2. The van der Waals surface area contributed by atoms with Crippen molar-refractivity contribution in [3.8, 4) is 0 Å². The lowest BCUT2D eigenvalue weighted by Gasteiger charge is -2.23. The maximum Gasteiger partial charge on any atom is 0.264 e. The summed E-state index contributed by atoms with van der Waals surface area (Å²) in [6.45, 7) is 3.57. The first kappa shape index (κ1) is 19.0. The molecule has 1 aliphatic carbocycles. The first-order valence-corrected chi connectivity index (χ1v) is 9.55. The van der Waals surface area contributed by atoms with Crippen LogP contribution in [-0.2, 0) is 0 Å². The number of nitrogen functional groups attached to an aromatic ring is 1. The predicted octanol–water partition coefficient (Wildman–Crippen LogP) is 3.19. The summed E-state index contributed by atoms with van der Waals surface area (Å²) in [5, 5.41) is 11.3. The Morgan fingerprint density at radius 1 is 1.41 bits per heavy atom. The van der Waals surface area contributed by atoms with Crippen molar-refractivity contribution in [1.29, 1.82) is 5.41 Å². The summed E-state index contributed by atoms with van der Waals surface area (Å²) in [5.74, 6) is 0.585. The van der Waals surface area contributed by atoms with E-state index in [-0.39, 0.29) is 34.6 Å². The molecule has 0 spiro atoms. The van der Waals surface area contributed by atoms with Crippen molar-refractivity contribution in [2.45, 2.75) is 45.2 Å². The average Bonchev–Trinajstić information content (AvgIpc) is 3.50. The lowest BCUT2D eigenvalue weighted by Crippen LogP contribution is -2.29. The Morgan fingerprint density at radius 3 is 2.83 bits per heavy atom. The molecule has 1 unspecified atom stereocenters. The molecule has 1 fully saturated rings. The molecule has 4 rings (SSSR count). The van der Waals surface area contributed by atoms with Crippen molar-refractivity contribution in [3.63, 3.8) is 0 Å². The molecule has 0 aliphatic heterocycles. The van der Waals surface area contributed by atoms with Crippen LogP contribution in [0.5, 0.6) is 0 Å². The Bertz CT molecular complexity index is 1170. The highest BCUT2D eigenvalue weighted by Gasteiger charge is 2.31. The molecular formula is C20H22FN7O. The lowest BCUT2D eigenvalue weighted by atomic mass is 10.1. The first-order valence-electron chi connectivity index (χ1n) is 9.55. The van der Waals surface area contributed by atoms with Gasteiger partial charge < -0.3 is 16.5 Å². The number of rotatable bonds is 6. The highest BCUT2D eigenvalue weighted by Crippen LogP contribution is 2.37. The fourth-order valence-electron chi connectivity index (χ4n) is 3.54. The third-order valence-electron chi connectivity index (χ3n) is 5.10. The van der Waals surface area contributed by atoms with Gasteiger partial charge in [-0.1, -0.05) is 13.0 Å². The van der Waals surface area contributed by atoms with Crippen LogP contribution >= 0.6 is 0 Å². The van der Waals surface area contributed by atoms with Crippen LogP contribution in [-0.4, -0.2) is 25.2 Å². The van der Waals surface area contributed by atoms with Gasteiger partial charge in [-0.25, -0.2) is 19.3 Å². The number of nitrogens with zero attached hydrogens (tertiary/aromatic N) is 4. The van der Waals surface area contributed by atoms with Gasteiger partial charge in [-0.15, -0.1) is 0 Å². The Kier molecular flexibility index (Phi) is 4.73. The molecule has 9 heteroatoms. The van der Waals surface area contributed by atoms with E-state index in [2.05, 4.69) is 20.3 Å². The largest absolute Gasteiger partial charge is 0.383 e. The van der Waals surface area contributed by atoms with Crippen molar-refractivity contribution in [2.24, 2.45) is 0 Å². The predicted molar refractivity (Wildman–Crippen MR) is 110 cm³/mol. The van der Waals surface area contributed by atoms with Gasteiger partial charge in [0.1, 0.15) is 35.0 Å². The van der Waals surface area contributed by atoms with E-state index >= 15 is 0 Å². The highest BCUT2D eigenvalue weighted by atomic mass is 19.1. The summed E-state index contributed by atoms with van der Waals surface area (Å²) in [5.41, 5.74) is 6.54. The third-order valence-corrected chi connectivity index (χ3v) is 5.10. The van der Waals surface area contributed by atoms with Gasteiger partial charge >= 0.3 is 0 Å². The molecule has 0 saturated heterocycles.